The Kier molecular flexibility index (Phi) is 5.46. The summed E-state index contributed by atoms with van der Waals surface area (Å²) in [6, 6.07) is 4.91. The predicted molar refractivity (Wildman–Crippen MR) is 91.5 cm³/mol. The number of nitrogens with one attached hydrogen (secondary N) is 1. The third-order valence-electron chi connectivity index (χ3n) is 4.15. The van der Waals surface area contributed by atoms with Gasteiger partial charge in [-0.05, 0) is 30.2 Å². The van der Waals surface area contributed by atoms with Crippen LogP contribution in [-0.2, 0) is 11.3 Å². The van der Waals surface area contributed by atoms with Crippen molar-refractivity contribution in [2.75, 3.05) is 6.54 Å². The van der Waals surface area contributed by atoms with Crippen molar-refractivity contribution in [2.45, 2.75) is 25.4 Å². The molecule has 1 fully saturated rings. The fourth-order valence-electron chi connectivity index (χ4n) is 2.87. The second kappa shape index (κ2) is 7.78. The predicted octanol–water partition coefficient (Wildman–Crippen LogP) is 2.93. The number of amides is 2. The maximum Gasteiger partial charge on any atom is 0.255 e. The van der Waals surface area contributed by atoms with Gasteiger partial charge in [-0.15, -0.1) is 0 Å². The quantitative estimate of drug-likeness (QED) is 0.812. The Labute approximate surface area is 154 Å². The third kappa shape index (κ3) is 4.16. The zero-order valence-electron chi connectivity index (χ0n) is 13.7. The Balaban J connectivity index is 1.87. The summed E-state index contributed by atoms with van der Waals surface area (Å²) < 4.78 is 26.9. The van der Waals surface area contributed by atoms with Crippen molar-refractivity contribution in [1.29, 1.82) is 0 Å². The summed E-state index contributed by atoms with van der Waals surface area (Å²) in [7, 11) is 0. The molecule has 0 unspecified atom stereocenters. The van der Waals surface area contributed by atoms with Crippen molar-refractivity contribution >= 4 is 23.4 Å². The van der Waals surface area contributed by atoms with Crippen LogP contribution in [0.25, 0.3) is 0 Å². The van der Waals surface area contributed by atoms with Gasteiger partial charge < -0.3 is 10.2 Å². The van der Waals surface area contributed by atoms with Crippen LogP contribution in [0, 0.1) is 11.6 Å². The van der Waals surface area contributed by atoms with Crippen LogP contribution in [0.2, 0.25) is 5.02 Å². The average Bonchev–Trinajstić information content (AvgIpc) is 3.03. The highest BCUT2D eigenvalue weighted by molar-refractivity contribution is 6.33. The lowest BCUT2D eigenvalue weighted by Gasteiger charge is -2.26. The number of hydrogen-bond acceptors (Lipinski definition) is 3. The number of rotatable bonds is 5. The summed E-state index contributed by atoms with van der Waals surface area (Å²) in [6.07, 6.45) is 4.21. The SMILES string of the molecule is O=C1CC[C@@H](CN(Cc2cccnc2)C(=O)c2cc(F)c(F)cc2Cl)N1. The second-order valence-corrected chi connectivity index (χ2v) is 6.50. The van der Waals surface area contributed by atoms with Gasteiger partial charge in [0.2, 0.25) is 5.91 Å². The summed E-state index contributed by atoms with van der Waals surface area (Å²) >= 11 is 5.95. The lowest BCUT2D eigenvalue weighted by atomic mass is 10.1. The number of hydrogen-bond donors (Lipinski definition) is 1. The molecule has 0 radical (unpaired) electrons. The van der Waals surface area contributed by atoms with Crippen molar-refractivity contribution in [3.05, 3.63) is 64.4 Å². The normalized spacial score (nSPS) is 16.4. The highest BCUT2D eigenvalue weighted by atomic mass is 35.5. The molecular weight excluding hydrogens is 364 g/mol. The van der Waals surface area contributed by atoms with Crippen molar-refractivity contribution in [2.24, 2.45) is 0 Å². The monoisotopic (exact) mass is 379 g/mol. The van der Waals surface area contributed by atoms with Gasteiger partial charge in [0.05, 0.1) is 10.6 Å². The van der Waals surface area contributed by atoms with Gasteiger partial charge >= 0.3 is 0 Å². The molecule has 1 aromatic heterocycles. The Morgan fingerprint density at radius 3 is 2.77 bits per heavy atom. The van der Waals surface area contributed by atoms with Gasteiger partial charge in [-0.3, -0.25) is 14.6 Å². The molecule has 8 heteroatoms. The van der Waals surface area contributed by atoms with Crippen molar-refractivity contribution in [3.63, 3.8) is 0 Å². The van der Waals surface area contributed by atoms with Crippen molar-refractivity contribution in [3.8, 4) is 0 Å². The molecule has 1 atom stereocenters. The topological polar surface area (TPSA) is 62.3 Å². The number of carbonyl (C=O) groups is 2. The van der Waals surface area contributed by atoms with E-state index in [2.05, 4.69) is 10.3 Å². The van der Waals surface area contributed by atoms with Gasteiger partial charge in [0.25, 0.3) is 5.91 Å². The molecule has 26 heavy (non-hydrogen) atoms. The molecule has 0 spiro atoms. The van der Waals surface area contributed by atoms with E-state index in [9.17, 15) is 18.4 Å². The van der Waals surface area contributed by atoms with E-state index in [1.54, 1.807) is 24.5 Å². The first-order valence-corrected chi connectivity index (χ1v) is 8.44. The minimum absolute atomic E-state index is 0.0744. The van der Waals surface area contributed by atoms with E-state index in [0.717, 1.165) is 17.7 Å². The van der Waals surface area contributed by atoms with Gasteiger partial charge in [-0.1, -0.05) is 17.7 Å². The van der Waals surface area contributed by atoms with Gasteiger partial charge in [-0.2, -0.15) is 0 Å². The van der Waals surface area contributed by atoms with Gasteiger partial charge in [0.15, 0.2) is 11.6 Å². The molecule has 5 nitrogen and oxygen atoms in total. The number of nitrogens with zero attached hydrogens (tertiary/aromatic N) is 2. The van der Waals surface area contributed by atoms with Crippen LogP contribution in [0.4, 0.5) is 8.78 Å². The van der Waals surface area contributed by atoms with Crippen LogP contribution in [-0.4, -0.2) is 34.3 Å². The molecule has 0 saturated carbocycles. The molecular formula is C18H16ClF2N3O2. The van der Waals surface area contributed by atoms with Gasteiger partial charge in [0, 0.05) is 37.9 Å². The Morgan fingerprint density at radius 2 is 2.12 bits per heavy atom. The highest BCUT2D eigenvalue weighted by Gasteiger charge is 2.27. The van der Waals surface area contributed by atoms with E-state index in [1.165, 1.54) is 4.90 Å². The van der Waals surface area contributed by atoms with Crippen molar-refractivity contribution < 1.29 is 18.4 Å². The first-order chi connectivity index (χ1) is 12.4. The molecule has 2 heterocycles. The van der Waals surface area contributed by atoms with E-state index in [1.807, 2.05) is 0 Å². The number of halogens is 3. The summed E-state index contributed by atoms with van der Waals surface area (Å²) in [5.74, 6) is -2.88. The Morgan fingerprint density at radius 1 is 1.35 bits per heavy atom. The number of carbonyl (C=O) groups excluding carboxylic acids is 2. The summed E-state index contributed by atoms with van der Waals surface area (Å²) in [4.78, 5) is 29.8. The van der Waals surface area contributed by atoms with Gasteiger partial charge in [-0.25, -0.2) is 8.78 Å². The minimum Gasteiger partial charge on any atom is -0.352 e. The fourth-order valence-corrected chi connectivity index (χ4v) is 3.10. The summed E-state index contributed by atoms with van der Waals surface area (Å²) in [5, 5.41) is 2.63. The molecule has 1 aliphatic heterocycles. The molecule has 0 bridgehead atoms. The first kappa shape index (κ1) is 18.3. The van der Waals surface area contributed by atoms with Crippen LogP contribution in [0.3, 0.4) is 0 Å². The van der Waals surface area contributed by atoms with E-state index in [4.69, 9.17) is 11.6 Å². The van der Waals surface area contributed by atoms with Crippen LogP contribution in [0.5, 0.6) is 0 Å². The second-order valence-electron chi connectivity index (χ2n) is 6.10. The molecule has 1 aliphatic rings. The molecule has 0 aliphatic carbocycles. The van der Waals surface area contributed by atoms with E-state index >= 15 is 0 Å². The average molecular weight is 380 g/mol. The third-order valence-corrected chi connectivity index (χ3v) is 4.46. The highest BCUT2D eigenvalue weighted by Crippen LogP contribution is 2.23. The van der Waals surface area contributed by atoms with Crippen LogP contribution in [0.1, 0.15) is 28.8 Å². The molecule has 1 N–H and O–H groups in total. The molecule has 1 saturated heterocycles. The van der Waals surface area contributed by atoms with E-state index in [0.29, 0.717) is 12.8 Å². The minimum atomic E-state index is -1.15. The molecule has 3 rings (SSSR count). The first-order valence-electron chi connectivity index (χ1n) is 8.06. The summed E-state index contributed by atoms with van der Waals surface area (Å²) in [6.45, 7) is 0.434. The number of pyridine rings is 1. The zero-order chi connectivity index (χ0) is 18.7. The molecule has 2 aromatic rings. The molecule has 2 amide bonds. The van der Waals surface area contributed by atoms with Crippen LogP contribution in [0.15, 0.2) is 36.7 Å². The molecule has 136 valence electrons. The van der Waals surface area contributed by atoms with E-state index < -0.39 is 17.5 Å². The fraction of sp³-hybridized carbons (Fsp3) is 0.278. The largest absolute Gasteiger partial charge is 0.352 e. The number of aromatic nitrogens is 1. The maximum absolute atomic E-state index is 13.6. The van der Waals surface area contributed by atoms with Crippen LogP contribution >= 0.6 is 11.6 Å². The van der Waals surface area contributed by atoms with E-state index in [-0.39, 0.29) is 35.6 Å². The Bertz CT molecular complexity index is 833. The lowest BCUT2D eigenvalue weighted by Crippen LogP contribution is -2.41. The lowest BCUT2D eigenvalue weighted by molar-refractivity contribution is -0.119. The zero-order valence-corrected chi connectivity index (χ0v) is 14.5. The molecule has 1 aromatic carbocycles. The van der Waals surface area contributed by atoms with Crippen LogP contribution < -0.4 is 5.32 Å². The standard InChI is InChI=1S/C18H16ClF2N3O2/c19-14-7-16(21)15(20)6-13(14)18(26)24(9-11-2-1-5-22-8-11)10-12-3-4-17(25)23-12/h1-2,5-8,12H,3-4,9-10H2,(H,23,25)/t12-/m0/s1. The van der Waals surface area contributed by atoms with Crippen molar-refractivity contribution in [1.82, 2.24) is 15.2 Å². The maximum atomic E-state index is 13.6. The van der Waals surface area contributed by atoms with Gasteiger partial charge in [0.1, 0.15) is 0 Å². The Hall–Kier alpha value is -2.54. The summed E-state index contributed by atoms with van der Waals surface area (Å²) in [5.41, 5.74) is 0.641. The number of benzene rings is 1. The smallest absolute Gasteiger partial charge is 0.255 e.